The van der Waals surface area contributed by atoms with Crippen molar-refractivity contribution in [3.8, 4) is 0 Å². The molecule has 3 aliphatic rings. The fourth-order valence-corrected chi connectivity index (χ4v) is 7.07. The summed E-state index contributed by atoms with van der Waals surface area (Å²) in [7, 11) is 2.12. The molecule has 3 unspecified atom stereocenters. The minimum absolute atomic E-state index is 0.115. The first-order valence-electron chi connectivity index (χ1n) is 12.4. The smallest absolute Gasteiger partial charge is 0.262 e. The normalized spacial score (nSPS) is 26.6. The number of fused-ring (bicyclic) bond motifs is 1. The highest BCUT2D eigenvalue weighted by Gasteiger charge is 2.53. The average molecular weight is 544 g/mol. The first-order valence-corrected chi connectivity index (χ1v) is 14.0. The first kappa shape index (κ1) is 25.7. The number of thioether (sulfide) groups is 1. The molecule has 2 aromatic rings. The fourth-order valence-electron chi connectivity index (χ4n) is 5.44. The van der Waals surface area contributed by atoms with Crippen molar-refractivity contribution >= 4 is 46.0 Å². The molecule has 3 heterocycles. The van der Waals surface area contributed by atoms with Crippen molar-refractivity contribution in [2.24, 2.45) is 10.9 Å². The number of amidine groups is 1. The van der Waals surface area contributed by atoms with Crippen LogP contribution < -0.4 is 0 Å². The van der Waals surface area contributed by atoms with E-state index in [4.69, 9.17) is 28.2 Å². The van der Waals surface area contributed by atoms with Gasteiger partial charge in [-0.2, -0.15) is 0 Å². The van der Waals surface area contributed by atoms with E-state index in [2.05, 4.69) is 68.8 Å². The van der Waals surface area contributed by atoms with E-state index in [9.17, 15) is 4.79 Å². The minimum Gasteiger partial charge on any atom is -0.335 e. The predicted octanol–water partition coefficient (Wildman–Crippen LogP) is 6.40. The molecule has 0 aliphatic carbocycles. The van der Waals surface area contributed by atoms with Gasteiger partial charge < -0.3 is 14.7 Å². The van der Waals surface area contributed by atoms with Crippen LogP contribution in [0.2, 0.25) is 10.0 Å². The number of halogens is 2. The van der Waals surface area contributed by atoms with Gasteiger partial charge in [0.2, 0.25) is 0 Å². The van der Waals surface area contributed by atoms with Crippen molar-refractivity contribution in [3.05, 3.63) is 80.3 Å². The van der Waals surface area contributed by atoms with Gasteiger partial charge in [-0.15, -0.1) is 0 Å². The van der Waals surface area contributed by atoms with E-state index in [1.165, 1.54) is 11.8 Å². The zero-order valence-corrected chi connectivity index (χ0v) is 23.7. The Bertz CT molecular complexity index is 1230. The third-order valence-electron chi connectivity index (χ3n) is 7.61. The Morgan fingerprint density at radius 1 is 1.06 bits per heavy atom. The second-order valence-corrected chi connectivity index (χ2v) is 12.3. The lowest BCUT2D eigenvalue weighted by atomic mass is 9.81. The van der Waals surface area contributed by atoms with E-state index in [1.807, 2.05) is 29.2 Å². The summed E-state index contributed by atoms with van der Waals surface area (Å²) in [5, 5.41) is 2.27. The molecule has 190 valence electrons. The summed E-state index contributed by atoms with van der Waals surface area (Å²) in [5.41, 5.74) is 2.68. The van der Waals surface area contributed by atoms with Crippen molar-refractivity contribution in [2.75, 3.05) is 26.7 Å². The average Bonchev–Trinajstić information content (AvgIpc) is 3.34. The lowest BCUT2D eigenvalue weighted by molar-refractivity contribution is -0.129. The van der Waals surface area contributed by atoms with Gasteiger partial charge in [0, 0.05) is 41.4 Å². The van der Waals surface area contributed by atoms with Crippen LogP contribution in [0.15, 0.2) is 64.1 Å². The van der Waals surface area contributed by atoms with E-state index in [1.54, 1.807) is 0 Å². The molecule has 2 aromatic carbocycles. The Morgan fingerprint density at radius 2 is 1.67 bits per heavy atom. The number of hydrogen-bond donors (Lipinski definition) is 0. The number of benzene rings is 2. The highest BCUT2D eigenvalue weighted by Crippen LogP contribution is 2.56. The van der Waals surface area contributed by atoms with Crippen LogP contribution in [0.5, 0.6) is 0 Å². The number of likely N-dealkylation sites (N-methyl/N-ethyl adjacent to an activating group) is 1. The van der Waals surface area contributed by atoms with Crippen molar-refractivity contribution < 1.29 is 4.79 Å². The van der Waals surface area contributed by atoms with Gasteiger partial charge in [0.05, 0.1) is 6.04 Å². The minimum atomic E-state index is -0.558. The van der Waals surface area contributed by atoms with Gasteiger partial charge in [-0.25, -0.2) is 4.99 Å². The van der Waals surface area contributed by atoms with Gasteiger partial charge in [0.25, 0.3) is 5.91 Å². The van der Waals surface area contributed by atoms with Crippen LogP contribution in [-0.4, -0.2) is 58.5 Å². The van der Waals surface area contributed by atoms with E-state index < -0.39 is 5.54 Å². The SMILES string of the molecule is CC(C)C1=C(C(=O)N2CCN(C)C(C)C2)SC2=NC(C)(c3ccc(Cl)cc3)C(c3ccc(Cl)cc3)N21. The summed E-state index contributed by atoms with van der Waals surface area (Å²) in [5.74, 6) is 0.264. The van der Waals surface area contributed by atoms with Crippen LogP contribution in [0.1, 0.15) is 44.9 Å². The van der Waals surface area contributed by atoms with Crippen LogP contribution in [0, 0.1) is 5.92 Å². The largest absolute Gasteiger partial charge is 0.335 e. The number of piperazine rings is 1. The second kappa shape index (κ2) is 9.71. The van der Waals surface area contributed by atoms with Crippen LogP contribution in [0.3, 0.4) is 0 Å². The van der Waals surface area contributed by atoms with Crippen molar-refractivity contribution in [3.63, 3.8) is 0 Å². The lowest BCUT2D eigenvalue weighted by Crippen LogP contribution is -2.52. The van der Waals surface area contributed by atoms with Gasteiger partial charge >= 0.3 is 0 Å². The zero-order valence-electron chi connectivity index (χ0n) is 21.3. The number of aliphatic imine (C=N–C) groups is 1. The highest BCUT2D eigenvalue weighted by molar-refractivity contribution is 8.18. The highest BCUT2D eigenvalue weighted by atomic mass is 35.5. The maximum Gasteiger partial charge on any atom is 0.262 e. The zero-order chi connectivity index (χ0) is 25.8. The van der Waals surface area contributed by atoms with Crippen molar-refractivity contribution in [1.29, 1.82) is 0 Å². The van der Waals surface area contributed by atoms with E-state index in [0.29, 0.717) is 16.1 Å². The Kier molecular flexibility index (Phi) is 6.92. The molecule has 5 rings (SSSR count). The molecule has 0 radical (unpaired) electrons. The molecule has 8 heteroatoms. The molecular formula is C28H32Cl2N4OS. The number of carbonyl (C=O) groups is 1. The standard InChI is InChI=1S/C28H32Cl2N4OS/c1-17(2)23-24(26(35)33-15-14-32(5)18(3)16-33)36-27-31-28(4,20-8-12-22(30)13-9-20)25(34(23)27)19-6-10-21(29)11-7-19/h6-13,17-18,25H,14-16H2,1-5H3. The Labute approximate surface area is 228 Å². The third-order valence-corrected chi connectivity index (χ3v) is 9.17. The molecule has 36 heavy (non-hydrogen) atoms. The lowest BCUT2D eigenvalue weighted by Gasteiger charge is -2.39. The van der Waals surface area contributed by atoms with Gasteiger partial charge in [0.15, 0.2) is 5.17 Å². The number of amides is 1. The first-order chi connectivity index (χ1) is 17.1. The van der Waals surface area contributed by atoms with Crippen LogP contribution in [-0.2, 0) is 10.3 Å². The quantitative estimate of drug-likeness (QED) is 0.448. The number of rotatable bonds is 4. The Balaban J connectivity index is 1.60. The summed E-state index contributed by atoms with van der Waals surface area (Å²) >= 11 is 14.0. The molecule has 0 aromatic heterocycles. The summed E-state index contributed by atoms with van der Waals surface area (Å²) in [6, 6.07) is 16.2. The van der Waals surface area contributed by atoms with Crippen LogP contribution in [0.4, 0.5) is 0 Å². The molecule has 0 N–H and O–H groups in total. The summed E-state index contributed by atoms with van der Waals surface area (Å²) in [6.45, 7) is 11.0. The maximum atomic E-state index is 13.9. The fraction of sp³-hybridized carbons (Fsp3) is 0.429. The van der Waals surface area contributed by atoms with Crippen LogP contribution in [0.25, 0.3) is 0 Å². The predicted molar refractivity (Wildman–Crippen MR) is 150 cm³/mol. The Morgan fingerprint density at radius 3 is 2.25 bits per heavy atom. The number of carbonyl (C=O) groups excluding carboxylic acids is 1. The van der Waals surface area contributed by atoms with Crippen LogP contribution >= 0.6 is 35.0 Å². The molecule has 5 nitrogen and oxygen atoms in total. The molecule has 1 fully saturated rings. The van der Waals surface area contributed by atoms with E-state index in [0.717, 1.165) is 46.5 Å². The van der Waals surface area contributed by atoms with Gasteiger partial charge in [-0.05, 0) is 74.0 Å². The van der Waals surface area contributed by atoms with E-state index >= 15 is 0 Å². The number of hydrogen-bond acceptors (Lipinski definition) is 5. The topological polar surface area (TPSA) is 39.2 Å². The monoisotopic (exact) mass is 542 g/mol. The molecule has 0 saturated carbocycles. The van der Waals surface area contributed by atoms with Crippen molar-refractivity contribution in [1.82, 2.24) is 14.7 Å². The van der Waals surface area contributed by atoms with Gasteiger partial charge in [-0.1, -0.05) is 61.3 Å². The Hall–Kier alpha value is -1.99. The molecule has 3 atom stereocenters. The molecule has 1 amide bonds. The molecule has 0 spiro atoms. The second-order valence-electron chi connectivity index (χ2n) is 10.4. The summed E-state index contributed by atoms with van der Waals surface area (Å²) < 4.78 is 0. The summed E-state index contributed by atoms with van der Waals surface area (Å²) in [4.78, 5) is 26.6. The molecule has 0 bridgehead atoms. The molecule has 3 aliphatic heterocycles. The molecular weight excluding hydrogens is 511 g/mol. The molecule has 1 saturated heterocycles. The van der Waals surface area contributed by atoms with E-state index in [-0.39, 0.29) is 17.9 Å². The maximum absolute atomic E-state index is 13.9. The van der Waals surface area contributed by atoms with Gasteiger partial charge in [0.1, 0.15) is 10.4 Å². The third kappa shape index (κ3) is 4.36. The summed E-state index contributed by atoms with van der Waals surface area (Å²) in [6.07, 6.45) is 0. The number of allylic oxidation sites excluding steroid dienone is 1. The number of nitrogens with zero attached hydrogens (tertiary/aromatic N) is 4. The van der Waals surface area contributed by atoms with Gasteiger partial charge in [-0.3, -0.25) is 4.79 Å². The van der Waals surface area contributed by atoms with Crippen molar-refractivity contribution in [2.45, 2.75) is 45.3 Å².